The molecule has 28 heavy (non-hydrogen) atoms. The molecule has 1 aliphatic rings. The van der Waals surface area contributed by atoms with Gasteiger partial charge in [-0.3, -0.25) is 9.79 Å². The van der Waals surface area contributed by atoms with Gasteiger partial charge in [0.2, 0.25) is 0 Å². The number of benzene rings is 1. The van der Waals surface area contributed by atoms with E-state index >= 15 is 0 Å². The summed E-state index contributed by atoms with van der Waals surface area (Å²) in [7, 11) is 1.80. The molecule has 1 aliphatic heterocycles. The lowest BCUT2D eigenvalue weighted by atomic mass is 9.98. The molecule has 1 unspecified atom stereocenters. The number of fused-ring (bicyclic) bond motifs is 1. The molecule has 7 heteroatoms. The molecule has 6 nitrogen and oxygen atoms in total. The van der Waals surface area contributed by atoms with Crippen molar-refractivity contribution in [2.24, 2.45) is 10.9 Å². The second kappa shape index (κ2) is 11.3. The summed E-state index contributed by atoms with van der Waals surface area (Å²) in [5.74, 6) is 0.739. The highest BCUT2D eigenvalue weighted by molar-refractivity contribution is 14.0. The molecule has 154 valence electrons. The molecule has 0 amide bonds. The zero-order valence-corrected chi connectivity index (χ0v) is 19.1. The molecule has 1 fully saturated rings. The topological polar surface area (TPSA) is 69.7 Å². The molecule has 3 rings (SSSR count). The summed E-state index contributed by atoms with van der Waals surface area (Å²) in [6, 6.07) is 8.40. The molecular formula is C21H31IN4O2. The quantitative estimate of drug-likeness (QED) is 0.210. The van der Waals surface area contributed by atoms with Crippen LogP contribution in [0, 0.1) is 5.92 Å². The lowest BCUT2D eigenvalue weighted by Crippen LogP contribution is -2.48. The van der Waals surface area contributed by atoms with Gasteiger partial charge in [-0.1, -0.05) is 18.2 Å². The Hall–Kier alpha value is -1.77. The van der Waals surface area contributed by atoms with Crippen molar-refractivity contribution in [2.45, 2.75) is 32.6 Å². The van der Waals surface area contributed by atoms with Gasteiger partial charge < -0.3 is 19.9 Å². The fraction of sp³-hybridized carbons (Fsp3) is 0.524. The zero-order chi connectivity index (χ0) is 19.1. The number of hydrogen-bond donors (Lipinski definition) is 2. The number of likely N-dealkylation sites (tertiary alicyclic amines) is 1. The van der Waals surface area contributed by atoms with E-state index in [-0.39, 0.29) is 35.9 Å². The van der Waals surface area contributed by atoms with E-state index in [0.29, 0.717) is 13.2 Å². The summed E-state index contributed by atoms with van der Waals surface area (Å²) in [5.41, 5.74) is 2.54. The van der Waals surface area contributed by atoms with Crippen LogP contribution in [0.3, 0.4) is 0 Å². The Bertz CT molecular complexity index is 790. The van der Waals surface area contributed by atoms with Gasteiger partial charge >= 0.3 is 5.97 Å². The number of guanidine groups is 1. The Labute approximate surface area is 184 Å². The zero-order valence-electron chi connectivity index (χ0n) is 16.7. The molecule has 0 spiro atoms. The van der Waals surface area contributed by atoms with Gasteiger partial charge in [0.05, 0.1) is 12.5 Å². The number of para-hydroxylation sites is 1. The molecule has 1 aromatic carbocycles. The van der Waals surface area contributed by atoms with Gasteiger partial charge in [0.1, 0.15) is 0 Å². The van der Waals surface area contributed by atoms with E-state index in [1.807, 2.05) is 6.92 Å². The molecule has 0 aliphatic carbocycles. The Morgan fingerprint density at radius 1 is 1.39 bits per heavy atom. The lowest BCUT2D eigenvalue weighted by molar-refractivity contribution is -0.149. The first-order valence-electron chi connectivity index (χ1n) is 9.90. The maximum Gasteiger partial charge on any atom is 0.310 e. The van der Waals surface area contributed by atoms with Crippen molar-refractivity contribution in [3.63, 3.8) is 0 Å². The third-order valence-corrected chi connectivity index (χ3v) is 5.13. The monoisotopic (exact) mass is 498 g/mol. The number of ether oxygens (including phenoxy) is 1. The van der Waals surface area contributed by atoms with Gasteiger partial charge in [-0.15, -0.1) is 24.0 Å². The molecular weight excluding hydrogens is 467 g/mol. The van der Waals surface area contributed by atoms with Crippen molar-refractivity contribution >= 4 is 46.8 Å². The summed E-state index contributed by atoms with van der Waals surface area (Å²) in [6.07, 6.45) is 6.02. The van der Waals surface area contributed by atoms with Gasteiger partial charge in [0.15, 0.2) is 5.96 Å². The van der Waals surface area contributed by atoms with Crippen LogP contribution in [0.4, 0.5) is 0 Å². The van der Waals surface area contributed by atoms with E-state index in [1.165, 1.54) is 16.5 Å². The third kappa shape index (κ3) is 5.62. The number of piperidine rings is 1. The number of halogens is 1. The first kappa shape index (κ1) is 22.5. The van der Waals surface area contributed by atoms with Crippen molar-refractivity contribution < 1.29 is 9.53 Å². The molecule has 0 bridgehead atoms. The second-order valence-corrected chi connectivity index (χ2v) is 6.97. The summed E-state index contributed by atoms with van der Waals surface area (Å²) in [5, 5.41) is 4.76. The Morgan fingerprint density at radius 3 is 3.00 bits per heavy atom. The van der Waals surface area contributed by atoms with Gasteiger partial charge in [-0.25, -0.2) is 0 Å². The number of aliphatic imine (C=N–C) groups is 1. The highest BCUT2D eigenvalue weighted by atomic mass is 127. The minimum Gasteiger partial charge on any atom is -0.466 e. The van der Waals surface area contributed by atoms with Crippen molar-refractivity contribution in [1.29, 1.82) is 0 Å². The van der Waals surface area contributed by atoms with Crippen LogP contribution in [0.5, 0.6) is 0 Å². The van der Waals surface area contributed by atoms with E-state index < -0.39 is 0 Å². The van der Waals surface area contributed by atoms with Crippen LogP contribution in [-0.4, -0.2) is 55.1 Å². The van der Waals surface area contributed by atoms with Gasteiger partial charge in [-0.05, 0) is 44.2 Å². The van der Waals surface area contributed by atoms with Crippen molar-refractivity contribution in [3.05, 3.63) is 36.0 Å². The maximum atomic E-state index is 12.0. The van der Waals surface area contributed by atoms with Crippen molar-refractivity contribution in [2.75, 3.05) is 33.3 Å². The van der Waals surface area contributed by atoms with Crippen LogP contribution in [0.15, 0.2) is 35.5 Å². The number of aromatic nitrogens is 1. The second-order valence-electron chi connectivity index (χ2n) is 6.97. The number of aryl methyl sites for hydroxylation is 1. The normalized spacial score (nSPS) is 17.3. The summed E-state index contributed by atoms with van der Waals surface area (Å²) < 4.78 is 5.19. The molecule has 2 aromatic rings. The van der Waals surface area contributed by atoms with Crippen LogP contribution >= 0.6 is 24.0 Å². The number of nitrogens with one attached hydrogen (secondary N) is 2. The first-order valence-corrected chi connectivity index (χ1v) is 9.90. The number of nitrogens with zero attached hydrogens (tertiary/aromatic N) is 2. The fourth-order valence-corrected chi connectivity index (χ4v) is 3.77. The van der Waals surface area contributed by atoms with Crippen LogP contribution < -0.4 is 5.32 Å². The number of carbonyl (C=O) groups excluding carboxylic acids is 1. The Balaban J connectivity index is 0.00000280. The molecule has 2 N–H and O–H groups in total. The summed E-state index contributed by atoms with van der Waals surface area (Å²) in [4.78, 5) is 22.0. The number of carbonyl (C=O) groups is 1. The fourth-order valence-electron chi connectivity index (χ4n) is 3.77. The number of hydrogen-bond acceptors (Lipinski definition) is 3. The number of rotatable bonds is 6. The van der Waals surface area contributed by atoms with Gasteiger partial charge in [0, 0.05) is 43.8 Å². The molecule has 1 saturated heterocycles. The predicted molar refractivity (Wildman–Crippen MR) is 124 cm³/mol. The molecule has 0 radical (unpaired) electrons. The van der Waals surface area contributed by atoms with Crippen molar-refractivity contribution in [3.8, 4) is 0 Å². The van der Waals surface area contributed by atoms with Crippen LogP contribution in [0.2, 0.25) is 0 Å². The minimum atomic E-state index is -0.0861. The molecule has 0 saturated carbocycles. The van der Waals surface area contributed by atoms with E-state index in [1.54, 1.807) is 7.05 Å². The highest BCUT2D eigenvalue weighted by Crippen LogP contribution is 2.19. The molecule has 1 aromatic heterocycles. The highest BCUT2D eigenvalue weighted by Gasteiger charge is 2.28. The largest absolute Gasteiger partial charge is 0.466 e. The standard InChI is InChI=1S/C21H30N4O2.HI/c1-3-27-20(26)17-9-7-13-25(15-17)21(22-2)23-12-6-8-16-14-24-19-11-5-4-10-18(16)19;/h4-5,10-11,14,17,24H,3,6-9,12-13,15H2,1-2H3,(H,22,23);1H. The Morgan fingerprint density at radius 2 is 2.21 bits per heavy atom. The van der Waals surface area contributed by atoms with Gasteiger partial charge in [0.25, 0.3) is 0 Å². The number of aromatic amines is 1. The number of esters is 1. The molecule has 2 heterocycles. The first-order chi connectivity index (χ1) is 13.2. The summed E-state index contributed by atoms with van der Waals surface area (Å²) >= 11 is 0. The van der Waals surface area contributed by atoms with Crippen molar-refractivity contribution in [1.82, 2.24) is 15.2 Å². The van der Waals surface area contributed by atoms with E-state index in [9.17, 15) is 4.79 Å². The Kier molecular flexibility index (Phi) is 9.08. The third-order valence-electron chi connectivity index (χ3n) is 5.13. The average molecular weight is 498 g/mol. The SMILES string of the molecule is CCOC(=O)C1CCCN(C(=NC)NCCCc2c[nH]c3ccccc23)C1.I. The summed E-state index contributed by atoms with van der Waals surface area (Å²) in [6.45, 7) is 4.76. The van der Waals surface area contributed by atoms with Crippen LogP contribution in [-0.2, 0) is 16.0 Å². The average Bonchev–Trinajstić information content (AvgIpc) is 3.11. The predicted octanol–water partition coefficient (Wildman–Crippen LogP) is 3.57. The smallest absolute Gasteiger partial charge is 0.310 e. The van der Waals surface area contributed by atoms with E-state index in [2.05, 4.69) is 50.7 Å². The van der Waals surface area contributed by atoms with Gasteiger partial charge in [-0.2, -0.15) is 0 Å². The maximum absolute atomic E-state index is 12.0. The van der Waals surface area contributed by atoms with Crippen LogP contribution in [0.25, 0.3) is 10.9 Å². The van der Waals surface area contributed by atoms with E-state index in [4.69, 9.17) is 4.74 Å². The lowest BCUT2D eigenvalue weighted by Gasteiger charge is -2.33. The molecule has 1 atom stereocenters. The number of H-pyrrole nitrogens is 1. The minimum absolute atomic E-state index is 0. The van der Waals surface area contributed by atoms with E-state index in [0.717, 1.165) is 44.7 Å². The van der Waals surface area contributed by atoms with Crippen LogP contribution in [0.1, 0.15) is 31.7 Å².